The van der Waals surface area contributed by atoms with E-state index in [1.165, 1.54) is 17.2 Å². The molecule has 3 aromatic rings. The summed E-state index contributed by atoms with van der Waals surface area (Å²) in [5, 5.41) is -0.574. The minimum Gasteiger partial charge on any atom is -0.206 e. The Balaban J connectivity index is 1.76. The lowest BCUT2D eigenvalue weighted by atomic mass is 9.83. The maximum atomic E-state index is 14.9. The third-order valence-corrected chi connectivity index (χ3v) is 5.79. The van der Waals surface area contributed by atoms with Gasteiger partial charge in [-0.2, -0.15) is 0 Å². The second-order valence-electron chi connectivity index (χ2n) is 7.34. The lowest BCUT2D eigenvalue weighted by Crippen LogP contribution is -2.06. The summed E-state index contributed by atoms with van der Waals surface area (Å²) in [5.41, 5.74) is 5.78. The Hall–Kier alpha value is -2.26. The molecule has 4 rings (SSSR count). The summed E-state index contributed by atoms with van der Waals surface area (Å²) in [6.45, 7) is 2.17. The molecule has 0 saturated heterocycles. The van der Waals surface area contributed by atoms with Gasteiger partial charge in [0.25, 0.3) is 0 Å². The van der Waals surface area contributed by atoms with Crippen molar-refractivity contribution in [3.05, 3.63) is 81.6 Å². The van der Waals surface area contributed by atoms with Crippen LogP contribution in [0.5, 0.6) is 0 Å². The van der Waals surface area contributed by atoms with Crippen LogP contribution in [0.1, 0.15) is 36.5 Å². The van der Waals surface area contributed by atoms with Crippen LogP contribution in [0.4, 0.5) is 13.2 Å². The first kappa shape index (κ1) is 19.1. The van der Waals surface area contributed by atoms with Crippen LogP contribution in [0.2, 0.25) is 5.02 Å². The summed E-state index contributed by atoms with van der Waals surface area (Å²) >= 11 is 5.55. The van der Waals surface area contributed by atoms with Gasteiger partial charge in [-0.3, -0.25) is 0 Å². The molecule has 1 aliphatic rings. The molecule has 0 atom stereocenters. The van der Waals surface area contributed by atoms with Gasteiger partial charge in [-0.05, 0) is 83.3 Å². The Kier molecular flexibility index (Phi) is 5.20. The predicted molar refractivity (Wildman–Crippen MR) is 108 cm³/mol. The Bertz CT molecular complexity index is 1030. The van der Waals surface area contributed by atoms with Crippen molar-refractivity contribution in [3.63, 3.8) is 0 Å². The Morgan fingerprint density at radius 2 is 1.46 bits per heavy atom. The van der Waals surface area contributed by atoms with Crippen molar-refractivity contribution in [3.8, 4) is 22.3 Å². The molecular weight excluding hydrogens is 381 g/mol. The van der Waals surface area contributed by atoms with Crippen LogP contribution in [0.15, 0.2) is 42.5 Å². The summed E-state index contributed by atoms with van der Waals surface area (Å²) in [7, 11) is 0. The standard InChI is InChI=1S/C24H20ClF3/c1-2-3-4-14-5-8-18-15(9-14)6-7-16-10-20(21(26)13-19(16)18)17-11-22(27)24(25)23(28)12-17/h5,8-13H,2-4,6-7H2,1H3. The summed E-state index contributed by atoms with van der Waals surface area (Å²) in [6.07, 6.45) is 5.00. The first-order valence-corrected chi connectivity index (χ1v) is 9.95. The number of halogens is 4. The summed E-state index contributed by atoms with van der Waals surface area (Å²) < 4.78 is 42.5. The second kappa shape index (κ2) is 7.63. The van der Waals surface area contributed by atoms with E-state index >= 15 is 0 Å². The highest BCUT2D eigenvalue weighted by atomic mass is 35.5. The van der Waals surface area contributed by atoms with Crippen LogP contribution < -0.4 is 0 Å². The zero-order chi connectivity index (χ0) is 19.8. The molecule has 0 saturated carbocycles. The number of benzene rings is 3. The van der Waals surface area contributed by atoms with Crippen molar-refractivity contribution in [2.24, 2.45) is 0 Å². The van der Waals surface area contributed by atoms with Crippen molar-refractivity contribution in [2.45, 2.75) is 39.0 Å². The van der Waals surface area contributed by atoms with Gasteiger partial charge in [0.2, 0.25) is 0 Å². The third kappa shape index (κ3) is 3.44. The van der Waals surface area contributed by atoms with E-state index in [0.29, 0.717) is 0 Å². The molecule has 0 amide bonds. The number of fused-ring (bicyclic) bond motifs is 3. The average Bonchev–Trinajstić information content (AvgIpc) is 2.69. The van der Waals surface area contributed by atoms with Crippen molar-refractivity contribution < 1.29 is 13.2 Å². The molecule has 0 aliphatic heterocycles. The minimum atomic E-state index is -0.890. The van der Waals surface area contributed by atoms with E-state index in [1.54, 1.807) is 6.07 Å². The SMILES string of the molecule is CCCCc1ccc2c(c1)CCc1cc(-c3cc(F)c(Cl)c(F)c3)c(F)cc1-2. The van der Waals surface area contributed by atoms with Gasteiger partial charge in [-0.1, -0.05) is 43.1 Å². The van der Waals surface area contributed by atoms with Gasteiger partial charge >= 0.3 is 0 Å². The van der Waals surface area contributed by atoms with Gasteiger partial charge < -0.3 is 0 Å². The highest BCUT2D eigenvalue weighted by Gasteiger charge is 2.21. The first-order chi connectivity index (χ1) is 13.5. The predicted octanol–water partition coefficient (Wildman–Crippen LogP) is 7.53. The normalized spacial score (nSPS) is 12.6. The molecule has 0 heterocycles. The van der Waals surface area contributed by atoms with Crippen LogP contribution in [0, 0.1) is 17.5 Å². The fraction of sp³-hybridized carbons (Fsp3) is 0.250. The van der Waals surface area contributed by atoms with Crippen LogP contribution in [0.3, 0.4) is 0 Å². The van der Waals surface area contributed by atoms with Crippen LogP contribution >= 0.6 is 11.6 Å². The van der Waals surface area contributed by atoms with E-state index in [9.17, 15) is 13.2 Å². The molecule has 0 fully saturated rings. The van der Waals surface area contributed by atoms with Crippen molar-refractivity contribution in [2.75, 3.05) is 0 Å². The number of rotatable bonds is 4. The average molecular weight is 401 g/mol. The molecule has 0 radical (unpaired) electrons. The Morgan fingerprint density at radius 1 is 0.786 bits per heavy atom. The van der Waals surface area contributed by atoms with Gasteiger partial charge in [-0.15, -0.1) is 0 Å². The molecular formula is C24H20ClF3. The summed E-state index contributed by atoms with van der Waals surface area (Å²) in [4.78, 5) is 0. The number of unbranched alkanes of at least 4 members (excludes halogenated alkanes) is 1. The Morgan fingerprint density at radius 3 is 2.14 bits per heavy atom. The monoisotopic (exact) mass is 400 g/mol. The molecule has 1 aliphatic carbocycles. The number of hydrogen-bond acceptors (Lipinski definition) is 0. The zero-order valence-electron chi connectivity index (χ0n) is 15.6. The fourth-order valence-electron chi connectivity index (χ4n) is 3.93. The zero-order valence-corrected chi connectivity index (χ0v) is 16.3. The largest absolute Gasteiger partial charge is 0.206 e. The highest BCUT2D eigenvalue weighted by Crippen LogP contribution is 2.38. The third-order valence-electron chi connectivity index (χ3n) is 5.43. The van der Waals surface area contributed by atoms with Gasteiger partial charge in [0, 0.05) is 5.56 Å². The summed E-state index contributed by atoms with van der Waals surface area (Å²) in [5.74, 6) is -2.28. The van der Waals surface area contributed by atoms with Crippen molar-refractivity contribution >= 4 is 11.6 Å². The van der Waals surface area contributed by atoms with E-state index in [4.69, 9.17) is 11.6 Å². The van der Waals surface area contributed by atoms with Gasteiger partial charge in [0.05, 0.1) is 0 Å². The van der Waals surface area contributed by atoms with Gasteiger partial charge in [0.1, 0.15) is 22.5 Å². The van der Waals surface area contributed by atoms with E-state index in [0.717, 1.165) is 60.9 Å². The van der Waals surface area contributed by atoms with Crippen LogP contribution in [0.25, 0.3) is 22.3 Å². The maximum absolute atomic E-state index is 14.9. The smallest absolute Gasteiger partial charge is 0.145 e. The number of aryl methyl sites for hydroxylation is 3. The topological polar surface area (TPSA) is 0 Å². The van der Waals surface area contributed by atoms with E-state index < -0.39 is 22.5 Å². The van der Waals surface area contributed by atoms with Crippen molar-refractivity contribution in [1.82, 2.24) is 0 Å². The van der Waals surface area contributed by atoms with E-state index in [-0.39, 0.29) is 11.1 Å². The fourth-order valence-corrected chi connectivity index (χ4v) is 4.04. The molecule has 0 bridgehead atoms. The van der Waals surface area contributed by atoms with Gasteiger partial charge in [-0.25, -0.2) is 13.2 Å². The second-order valence-corrected chi connectivity index (χ2v) is 7.72. The molecule has 0 aromatic heterocycles. The molecule has 0 N–H and O–H groups in total. The molecule has 4 heteroatoms. The molecule has 144 valence electrons. The lowest BCUT2D eigenvalue weighted by Gasteiger charge is -2.22. The molecule has 3 aromatic carbocycles. The first-order valence-electron chi connectivity index (χ1n) is 9.57. The quantitative estimate of drug-likeness (QED) is 0.397. The molecule has 0 unspecified atom stereocenters. The minimum absolute atomic E-state index is 0.153. The molecule has 28 heavy (non-hydrogen) atoms. The lowest BCUT2D eigenvalue weighted by molar-refractivity contribution is 0.584. The van der Waals surface area contributed by atoms with E-state index in [1.807, 2.05) is 0 Å². The van der Waals surface area contributed by atoms with Crippen LogP contribution in [-0.2, 0) is 19.3 Å². The number of hydrogen-bond donors (Lipinski definition) is 0. The maximum Gasteiger partial charge on any atom is 0.145 e. The van der Waals surface area contributed by atoms with Gasteiger partial charge in [0.15, 0.2) is 0 Å². The van der Waals surface area contributed by atoms with Crippen LogP contribution in [-0.4, -0.2) is 0 Å². The molecule has 0 spiro atoms. The molecule has 0 nitrogen and oxygen atoms in total. The Labute approximate surface area is 168 Å². The highest BCUT2D eigenvalue weighted by molar-refractivity contribution is 6.31. The van der Waals surface area contributed by atoms with E-state index in [2.05, 4.69) is 25.1 Å². The van der Waals surface area contributed by atoms with Crippen molar-refractivity contribution in [1.29, 1.82) is 0 Å². The summed E-state index contributed by atoms with van der Waals surface area (Å²) in [6, 6.07) is 11.8.